The molecule has 1 fully saturated rings. The summed E-state index contributed by atoms with van der Waals surface area (Å²) < 4.78 is 3.72. The molecule has 0 radical (unpaired) electrons. The predicted molar refractivity (Wildman–Crippen MR) is 67.5 cm³/mol. The monoisotopic (exact) mass is 245 g/mol. The van der Waals surface area contributed by atoms with E-state index in [9.17, 15) is 4.79 Å². The highest BCUT2D eigenvalue weighted by Gasteiger charge is 2.25. The first kappa shape index (κ1) is 11.0. The largest absolute Gasteiger partial charge is 0.364 e. The van der Waals surface area contributed by atoms with Crippen molar-refractivity contribution in [3.63, 3.8) is 0 Å². The van der Waals surface area contributed by atoms with Crippen molar-refractivity contribution in [1.82, 2.24) is 19.1 Å². The Labute approximate surface area is 104 Å². The molecule has 0 aliphatic heterocycles. The van der Waals surface area contributed by atoms with E-state index in [1.165, 1.54) is 0 Å². The van der Waals surface area contributed by atoms with Gasteiger partial charge in [-0.05, 0) is 12.8 Å². The molecule has 0 amide bonds. The van der Waals surface area contributed by atoms with Crippen LogP contribution in [0.2, 0.25) is 0 Å². The van der Waals surface area contributed by atoms with Crippen molar-refractivity contribution in [2.24, 2.45) is 0 Å². The van der Waals surface area contributed by atoms with E-state index in [-0.39, 0.29) is 5.56 Å². The molecule has 0 unspecified atom stereocenters. The van der Waals surface area contributed by atoms with E-state index < -0.39 is 0 Å². The van der Waals surface area contributed by atoms with Gasteiger partial charge < -0.3 is 14.5 Å². The summed E-state index contributed by atoms with van der Waals surface area (Å²) in [5, 5.41) is 3.08. The first-order valence-corrected chi connectivity index (χ1v) is 6.11. The van der Waals surface area contributed by atoms with Gasteiger partial charge in [0.1, 0.15) is 0 Å². The van der Waals surface area contributed by atoms with Gasteiger partial charge in [-0.3, -0.25) is 4.79 Å². The van der Waals surface area contributed by atoms with E-state index in [4.69, 9.17) is 0 Å². The van der Waals surface area contributed by atoms with Crippen LogP contribution in [0, 0.1) is 0 Å². The quantitative estimate of drug-likeness (QED) is 0.849. The number of nitrogens with zero attached hydrogens (tertiary/aromatic N) is 4. The van der Waals surface area contributed by atoms with Gasteiger partial charge in [-0.15, -0.1) is 0 Å². The summed E-state index contributed by atoms with van der Waals surface area (Å²) in [6.07, 6.45) is 11.0. The van der Waals surface area contributed by atoms with Crippen LogP contribution in [0.3, 0.4) is 0 Å². The summed E-state index contributed by atoms with van der Waals surface area (Å²) in [4.78, 5) is 20.1. The molecule has 0 aromatic carbocycles. The lowest BCUT2D eigenvalue weighted by molar-refractivity contribution is 0.691. The van der Waals surface area contributed by atoms with Crippen molar-refractivity contribution in [3.05, 3.63) is 41.5 Å². The second-order valence-corrected chi connectivity index (χ2v) is 4.45. The summed E-state index contributed by atoms with van der Waals surface area (Å²) in [5.74, 6) is 0.435. The Hall–Kier alpha value is -2.11. The van der Waals surface area contributed by atoms with Crippen LogP contribution in [0.15, 0.2) is 35.9 Å². The normalized spacial score (nSPS) is 14.7. The van der Waals surface area contributed by atoms with Crippen molar-refractivity contribution in [3.8, 4) is 0 Å². The van der Waals surface area contributed by atoms with E-state index in [2.05, 4.69) is 15.3 Å². The van der Waals surface area contributed by atoms with Crippen LogP contribution < -0.4 is 10.9 Å². The third kappa shape index (κ3) is 2.27. The molecule has 1 aliphatic rings. The average molecular weight is 245 g/mol. The average Bonchev–Trinajstić information content (AvgIpc) is 3.09. The van der Waals surface area contributed by atoms with Gasteiger partial charge in [0.05, 0.1) is 6.33 Å². The molecule has 1 saturated carbocycles. The van der Waals surface area contributed by atoms with E-state index in [0.29, 0.717) is 18.4 Å². The minimum Gasteiger partial charge on any atom is -0.364 e. The zero-order valence-electron chi connectivity index (χ0n) is 9.99. The third-order valence-electron chi connectivity index (χ3n) is 3.03. The lowest BCUT2D eigenvalue weighted by Gasteiger charge is -2.08. The van der Waals surface area contributed by atoms with Crippen molar-refractivity contribution >= 4 is 5.82 Å². The first-order valence-electron chi connectivity index (χ1n) is 6.11. The Morgan fingerprint density at radius 1 is 1.33 bits per heavy atom. The highest BCUT2D eigenvalue weighted by atomic mass is 16.1. The third-order valence-corrected chi connectivity index (χ3v) is 3.03. The van der Waals surface area contributed by atoms with Crippen LogP contribution in [-0.4, -0.2) is 25.6 Å². The maximum atomic E-state index is 12.1. The Balaban J connectivity index is 1.65. The Kier molecular flexibility index (Phi) is 2.84. The van der Waals surface area contributed by atoms with E-state index in [1.807, 2.05) is 10.8 Å². The van der Waals surface area contributed by atoms with Gasteiger partial charge in [0.2, 0.25) is 0 Å². The van der Waals surface area contributed by atoms with E-state index >= 15 is 0 Å². The number of aromatic nitrogens is 4. The number of nitrogens with one attached hydrogen (secondary N) is 1. The molecule has 6 nitrogen and oxygen atoms in total. The summed E-state index contributed by atoms with van der Waals surface area (Å²) in [5.41, 5.74) is -0.0226. The van der Waals surface area contributed by atoms with E-state index in [0.717, 1.165) is 19.4 Å². The zero-order chi connectivity index (χ0) is 12.4. The highest BCUT2D eigenvalue weighted by Crippen LogP contribution is 2.33. The first-order chi connectivity index (χ1) is 8.84. The molecule has 2 aromatic heterocycles. The molecule has 18 heavy (non-hydrogen) atoms. The maximum absolute atomic E-state index is 12.1. The van der Waals surface area contributed by atoms with Gasteiger partial charge >= 0.3 is 0 Å². The van der Waals surface area contributed by atoms with Gasteiger partial charge in [-0.1, -0.05) is 0 Å². The number of anilines is 1. The second-order valence-electron chi connectivity index (χ2n) is 4.45. The second kappa shape index (κ2) is 4.64. The fraction of sp³-hybridized carbons (Fsp3) is 0.417. The van der Waals surface area contributed by atoms with Crippen LogP contribution in [0.5, 0.6) is 0 Å². The minimum atomic E-state index is -0.0226. The lowest BCUT2D eigenvalue weighted by Crippen LogP contribution is -2.24. The van der Waals surface area contributed by atoms with Crippen molar-refractivity contribution in [1.29, 1.82) is 0 Å². The van der Waals surface area contributed by atoms with Crippen LogP contribution in [0.4, 0.5) is 5.82 Å². The minimum absolute atomic E-state index is 0.0226. The van der Waals surface area contributed by atoms with Gasteiger partial charge in [0.15, 0.2) is 5.82 Å². The summed E-state index contributed by atoms with van der Waals surface area (Å²) >= 11 is 0. The van der Waals surface area contributed by atoms with Gasteiger partial charge in [0, 0.05) is 43.9 Å². The molecular formula is C12H15N5O. The molecule has 0 atom stereocenters. The van der Waals surface area contributed by atoms with E-state index in [1.54, 1.807) is 29.5 Å². The number of rotatable bonds is 5. The maximum Gasteiger partial charge on any atom is 0.293 e. The molecule has 6 heteroatoms. The summed E-state index contributed by atoms with van der Waals surface area (Å²) in [6, 6.07) is 0.384. The molecule has 0 saturated heterocycles. The van der Waals surface area contributed by atoms with Crippen LogP contribution in [-0.2, 0) is 6.54 Å². The number of hydrogen-bond acceptors (Lipinski definition) is 4. The molecule has 2 aromatic rings. The summed E-state index contributed by atoms with van der Waals surface area (Å²) in [7, 11) is 0. The lowest BCUT2D eigenvalue weighted by atomic mass is 10.5. The molecule has 3 rings (SSSR count). The molecule has 2 heterocycles. The smallest absolute Gasteiger partial charge is 0.293 e. The van der Waals surface area contributed by atoms with Crippen molar-refractivity contribution < 1.29 is 0 Å². The van der Waals surface area contributed by atoms with Crippen LogP contribution in [0.1, 0.15) is 18.9 Å². The Bertz CT molecular complexity index is 570. The fourth-order valence-electron chi connectivity index (χ4n) is 1.91. The molecule has 1 aliphatic carbocycles. The molecule has 94 valence electrons. The topological polar surface area (TPSA) is 64.7 Å². The zero-order valence-corrected chi connectivity index (χ0v) is 9.99. The molecule has 1 N–H and O–H groups in total. The van der Waals surface area contributed by atoms with Crippen molar-refractivity contribution in [2.45, 2.75) is 25.4 Å². The summed E-state index contributed by atoms with van der Waals surface area (Å²) in [6.45, 7) is 1.42. The van der Waals surface area contributed by atoms with Gasteiger partial charge in [0.25, 0.3) is 5.56 Å². The Morgan fingerprint density at radius 3 is 2.94 bits per heavy atom. The fourth-order valence-corrected chi connectivity index (χ4v) is 1.91. The van der Waals surface area contributed by atoms with Gasteiger partial charge in [-0.25, -0.2) is 9.97 Å². The molecule has 0 bridgehead atoms. The van der Waals surface area contributed by atoms with Gasteiger partial charge in [-0.2, -0.15) is 0 Å². The molecular weight excluding hydrogens is 230 g/mol. The molecule has 0 spiro atoms. The Morgan fingerprint density at radius 2 is 2.22 bits per heavy atom. The standard InChI is InChI=1S/C12H15N5O/c18-12-11(14-4-7-16-6-3-13-9-16)15-5-8-17(12)10-1-2-10/h3,5-6,8-10H,1-2,4,7H2,(H,14,15). The van der Waals surface area contributed by atoms with Crippen LogP contribution in [0.25, 0.3) is 0 Å². The highest BCUT2D eigenvalue weighted by molar-refractivity contribution is 5.31. The predicted octanol–water partition coefficient (Wildman–Crippen LogP) is 0.887. The van der Waals surface area contributed by atoms with Crippen LogP contribution >= 0.6 is 0 Å². The number of hydrogen-bond donors (Lipinski definition) is 1. The van der Waals surface area contributed by atoms with Crippen molar-refractivity contribution in [2.75, 3.05) is 11.9 Å². The number of imidazole rings is 1. The SMILES string of the molecule is O=c1c(NCCn2ccnc2)nccn1C1CC1.